The van der Waals surface area contributed by atoms with Crippen LogP contribution in [0.2, 0.25) is 10.0 Å². The molecule has 1 aromatic carbocycles. The van der Waals surface area contributed by atoms with E-state index in [4.69, 9.17) is 23.2 Å². The van der Waals surface area contributed by atoms with Crippen molar-refractivity contribution in [3.63, 3.8) is 0 Å². The van der Waals surface area contributed by atoms with Gasteiger partial charge in [0.05, 0.1) is 0 Å². The number of benzene rings is 1. The third-order valence-corrected chi connectivity index (χ3v) is 5.33. The van der Waals surface area contributed by atoms with Gasteiger partial charge in [-0.15, -0.1) is 0 Å². The Morgan fingerprint density at radius 1 is 1.14 bits per heavy atom. The van der Waals surface area contributed by atoms with Crippen LogP contribution in [0, 0.1) is 11.3 Å². The highest BCUT2D eigenvalue weighted by Gasteiger charge is 2.34. The number of halogens is 2. The van der Waals surface area contributed by atoms with Crippen molar-refractivity contribution in [2.24, 2.45) is 11.3 Å². The van der Waals surface area contributed by atoms with Crippen LogP contribution in [-0.2, 0) is 0 Å². The smallest absolute Gasteiger partial charge is 0.0468 e. The zero-order valence-electron chi connectivity index (χ0n) is 13.5. The molecular weight excluding hydrogens is 301 g/mol. The second-order valence-electron chi connectivity index (χ2n) is 7.42. The minimum atomic E-state index is 0.253. The SMILES string of the molecule is CC(NC1CCCCC1C(C)(C)C)c1ccc(Cl)cc1Cl. The summed E-state index contributed by atoms with van der Waals surface area (Å²) < 4.78 is 0. The highest BCUT2D eigenvalue weighted by atomic mass is 35.5. The summed E-state index contributed by atoms with van der Waals surface area (Å²) in [6, 6.07) is 6.61. The fourth-order valence-corrected chi connectivity index (χ4v) is 4.20. The van der Waals surface area contributed by atoms with Gasteiger partial charge >= 0.3 is 0 Å². The lowest BCUT2D eigenvalue weighted by Gasteiger charge is -2.42. The predicted molar refractivity (Wildman–Crippen MR) is 93.2 cm³/mol. The van der Waals surface area contributed by atoms with Crippen molar-refractivity contribution >= 4 is 23.2 Å². The van der Waals surface area contributed by atoms with Gasteiger partial charge in [-0.3, -0.25) is 0 Å². The molecule has 0 heterocycles. The first-order valence-electron chi connectivity index (χ1n) is 8.00. The van der Waals surface area contributed by atoms with E-state index in [1.165, 1.54) is 25.7 Å². The molecule has 1 fully saturated rings. The lowest BCUT2D eigenvalue weighted by atomic mass is 9.69. The van der Waals surface area contributed by atoms with Gasteiger partial charge in [-0.25, -0.2) is 0 Å². The number of rotatable bonds is 3. The summed E-state index contributed by atoms with van der Waals surface area (Å²) >= 11 is 12.3. The molecule has 21 heavy (non-hydrogen) atoms. The van der Waals surface area contributed by atoms with Crippen LogP contribution in [0.15, 0.2) is 18.2 Å². The molecule has 1 N–H and O–H groups in total. The Balaban J connectivity index is 2.11. The molecule has 1 aromatic rings. The minimum Gasteiger partial charge on any atom is -0.307 e. The lowest BCUT2D eigenvalue weighted by molar-refractivity contribution is 0.124. The van der Waals surface area contributed by atoms with Crippen molar-refractivity contribution in [3.05, 3.63) is 33.8 Å². The molecule has 0 spiro atoms. The molecule has 3 unspecified atom stereocenters. The molecule has 1 nitrogen and oxygen atoms in total. The maximum Gasteiger partial charge on any atom is 0.0468 e. The van der Waals surface area contributed by atoms with Gasteiger partial charge < -0.3 is 5.32 Å². The van der Waals surface area contributed by atoms with E-state index in [2.05, 4.69) is 33.0 Å². The average molecular weight is 328 g/mol. The fraction of sp³-hybridized carbons (Fsp3) is 0.667. The highest BCUT2D eigenvalue weighted by molar-refractivity contribution is 6.35. The molecule has 118 valence electrons. The minimum absolute atomic E-state index is 0.253. The molecule has 0 saturated heterocycles. The Bertz CT molecular complexity index is 479. The molecule has 0 aromatic heterocycles. The largest absolute Gasteiger partial charge is 0.307 e. The van der Waals surface area contributed by atoms with Crippen molar-refractivity contribution in [1.29, 1.82) is 0 Å². The molecule has 0 amide bonds. The average Bonchev–Trinajstić information content (AvgIpc) is 2.37. The van der Waals surface area contributed by atoms with E-state index in [0.29, 0.717) is 16.5 Å². The van der Waals surface area contributed by atoms with E-state index in [1.54, 1.807) is 0 Å². The van der Waals surface area contributed by atoms with E-state index in [9.17, 15) is 0 Å². The Kier molecular flexibility index (Phi) is 5.62. The van der Waals surface area contributed by atoms with Crippen molar-refractivity contribution in [3.8, 4) is 0 Å². The summed E-state index contributed by atoms with van der Waals surface area (Å²) in [7, 11) is 0. The van der Waals surface area contributed by atoms with Crippen molar-refractivity contribution in [2.45, 2.75) is 65.5 Å². The second-order valence-corrected chi connectivity index (χ2v) is 8.26. The topological polar surface area (TPSA) is 12.0 Å². The Labute approximate surface area is 139 Å². The molecule has 1 aliphatic carbocycles. The first kappa shape index (κ1) is 17.1. The molecule has 0 radical (unpaired) electrons. The zero-order chi connectivity index (χ0) is 15.6. The van der Waals surface area contributed by atoms with Crippen LogP contribution in [0.5, 0.6) is 0 Å². The van der Waals surface area contributed by atoms with Gasteiger partial charge in [-0.05, 0) is 48.8 Å². The number of hydrogen-bond acceptors (Lipinski definition) is 1. The lowest BCUT2D eigenvalue weighted by Crippen LogP contribution is -2.45. The van der Waals surface area contributed by atoms with Crippen molar-refractivity contribution in [2.75, 3.05) is 0 Å². The van der Waals surface area contributed by atoms with Crippen LogP contribution in [0.1, 0.15) is 65.0 Å². The Morgan fingerprint density at radius 2 is 1.81 bits per heavy atom. The maximum absolute atomic E-state index is 6.34. The molecule has 0 aliphatic heterocycles. The molecule has 2 rings (SSSR count). The third kappa shape index (κ3) is 4.37. The van der Waals surface area contributed by atoms with Crippen LogP contribution < -0.4 is 5.32 Å². The summed E-state index contributed by atoms with van der Waals surface area (Å²) in [4.78, 5) is 0. The predicted octanol–water partition coefficient (Wildman–Crippen LogP) is 6.25. The van der Waals surface area contributed by atoms with Crippen LogP contribution in [-0.4, -0.2) is 6.04 Å². The van der Waals surface area contributed by atoms with Gasteiger partial charge in [0.25, 0.3) is 0 Å². The molecule has 1 aliphatic rings. The van der Waals surface area contributed by atoms with Crippen LogP contribution in [0.4, 0.5) is 0 Å². The Morgan fingerprint density at radius 3 is 2.43 bits per heavy atom. The standard InChI is InChI=1S/C18H27Cl2N/c1-12(14-10-9-13(19)11-16(14)20)21-17-8-6-5-7-15(17)18(2,3)4/h9-12,15,17,21H,5-8H2,1-4H3. The van der Waals surface area contributed by atoms with Gasteiger partial charge in [0.2, 0.25) is 0 Å². The molecule has 3 atom stereocenters. The van der Waals surface area contributed by atoms with Gasteiger partial charge in [0.1, 0.15) is 0 Å². The van der Waals surface area contributed by atoms with E-state index in [-0.39, 0.29) is 6.04 Å². The third-order valence-electron chi connectivity index (χ3n) is 4.77. The van der Waals surface area contributed by atoms with E-state index >= 15 is 0 Å². The fourth-order valence-electron chi connectivity index (χ4n) is 3.63. The van der Waals surface area contributed by atoms with E-state index < -0.39 is 0 Å². The summed E-state index contributed by atoms with van der Waals surface area (Å²) in [5.41, 5.74) is 1.49. The van der Waals surface area contributed by atoms with Gasteiger partial charge in [0.15, 0.2) is 0 Å². The molecule has 3 heteroatoms. The summed E-state index contributed by atoms with van der Waals surface area (Å²) in [6.07, 6.45) is 5.27. The van der Waals surface area contributed by atoms with Crippen LogP contribution >= 0.6 is 23.2 Å². The van der Waals surface area contributed by atoms with Gasteiger partial charge in [0, 0.05) is 22.1 Å². The number of nitrogens with one attached hydrogen (secondary N) is 1. The normalized spacial score (nSPS) is 24.9. The first-order valence-corrected chi connectivity index (χ1v) is 8.75. The monoisotopic (exact) mass is 327 g/mol. The molecule has 1 saturated carbocycles. The quantitative estimate of drug-likeness (QED) is 0.691. The second kappa shape index (κ2) is 6.89. The van der Waals surface area contributed by atoms with Crippen molar-refractivity contribution in [1.82, 2.24) is 5.32 Å². The number of hydrogen-bond donors (Lipinski definition) is 1. The van der Waals surface area contributed by atoms with E-state index in [0.717, 1.165) is 16.5 Å². The first-order chi connectivity index (χ1) is 9.79. The summed E-state index contributed by atoms with van der Waals surface area (Å²) in [5, 5.41) is 5.28. The van der Waals surface area contributed by atoms with Crippen molar-refractivity contribution < 1.29 is 0 Å². The zero-order valence-corrected chi connectivity index (χ0v) is 15.1. The van der Waals surface area contributed by atoms with Crippen LogP contribution in [0.25, 0.3) is 0 Å². The molecule has 0 bridgehead atoms. The Hall–Kier alpha value is -0.240. The van der Waals surface area contributed by atoms with E-state index in [1.807, 2.05) is 18.2 Å². The maximum atomic E-state index is 6.34. The highest BCUT2D eigenvalue weighted by Crippen LogP contribution is 2.39. The van der Waals surface area contributed by atoms with Gasteiger partial charge in [-0.1, -0.05) is 62.9 Å². The molecular formula is C18H27Cl2N. The van der Waals surface area contributed by atoms with Gasteiger partial charge in [-0.2, -0.15) is 0 Å². The van der Waals surface area contributed by atoms with Crippen LogP contribution in [0.3, 0.4) is 0 Å². The summed E-state index contributed by atoms with van der Waals surface area (Å²) in [5.74, 6) is 0.722. The summed E-state index contributed by atoms with van der Waals surface area (Å²) in [6.45, 7) is 9.27.